The number of nitrogens with zero attached hydrogens (tertiary/aromatic N) is 2. The van der Waals surface area contributed by atoms with Gasteiger partial charge >= 0.3 is 0 Å². The number of aromatic nitrogens is 1. The Morgan fingerprint density at radius 1 is 1.59 bits per heavy atom. The zero-order valence-electron chi connectivity index (χ0n) is 9.58. The molecule has 0 fully saturated rings. The zero-order chi connectivity index (χ0) is 12.4. The van der Waals surface area contributed by atoms with Crippen LogP contribution in [0, 0.1) is 0 Å². The van der Waals surface area contributed by atoms with Crippen molar-refractivity contribution in [2.24, 2.45) is 0 Å². The van der Waals surface area contributed by atoms with E-state index in [0.717, 1.165) is 0 Å². The molecular formula is C11H13N3OS2. The number of hydrogen-bond acceptors (Lipinski definition) is 5. The van der Waals surface area contributed by atoms with Crippen LogP contribution in [0.3, 0.4) is 0 Å². The first-order valence-corrected chi connectivity index (χ1v) is 6.81. The highest BCUT2D eigenvalue weighted by Gasteiger charge is 2.21. The number of thiophene rings is 1. The molecule has 0 saturated carbocycles. The second-order valence-electron chi connectivity index (χ2n) is 3.67. The fourth-order valence-corrected chi connectivity index (χ4v) is 2.95. The normalized spacial score (nSPS) is 12.4. The average Bonchev–Trinajstić information content (AvgIpc) is 2.96. The number of hydrogen-bond donors (Lipinski definition) is 1. The molecule has 17 heavy (non-hydrogen) atoms. The summed E-state index contributed by atoms with van der Waals surface area (Å²) in [6, 6.07) is 4.07. The first-order chi connectivity index (χ1) is 8.09. The van der Waals surface area contributed by atoms with E-state index in [0.29, 0.717) is 10.0 Å². The van der Waals surface area contributed by atoms with Crippen molar-refractivity contribution in [1.82, 2.24) is 9.88 Å². The lowest BCUT2D eigenvalue weighted by Crippen LogP contribution is -2.28. The van der Waals surface area contributed by atoms with Crippen LogP contribution in [0.25, 0.3) is 0 Å². The van der Waals surface area contributed by atoms with Crippen LogP contribution in [0.15, 0.2) is 23.7 Å². The summed E-state index contributed by atoms with van der Waals surface area (Å²) in [6.07, 6.45) is 1.53. The third-order valence-electron chi connectivity index (χ3n) is 2.59. The van der Waals surface area contributed by atoms with E-state index < -0.39 is 0 Å². The number of carbonyl (C=O) groups is 1. The molecule has 6 heteroatoms. The largest absolute Gasteiger partial charge is 0.375 e. The van der Waals surface area contributed by atoms with Crippen molar-refractivity contribution in [2.45, 2.75) is 13.0 Å². The molecule has 0 aliphatic carbocycles. The van der Waals surface area contributed by atoms with Gasteiger partial charge in [0.1, 0.15) is 4.88 Å². The molecular weight excluding hydrogens is 254 g/mol. The molecule has 0 bridgehead atoms. The monoisotopic (exact) mass is 267 g/mol. The summed E-state index contributed by atoms with van der Waals surface area (Å²) >= 11 is 2.86. The number of nitrogens with two attached hydrogens (primary N) is 1. The molecule has 2 aromatic heterocycles. The van der Waals surface area contributed by atoms with Gasteiger partial charge in [-0.1, -0.05) is 17.4 Å². The fraction of sp³-hybridized carbons (Fsp3) is 0.273. The van der Waals surface area contributed by atoms with Crippen molar-refractivity contribution >= 4 is 33.7 Å². The maximum Gasteiger partial charge on any atom is 0.265 e. The third kappa shape index (κ3) is 2.48. The molecule has 90 valence electrons. The van der Waals surface area contributed by atoms with Gasteiger partial charge in [-0.2, -0.15) is 0 Å². The van der Waals surface area contributed by atoms with Crippen molar-refractivity contribution < 1.29 is 4.79 Å². The minimum Gasteiger partial charge on any atom is -0.375 e. The number of carbonyl (C=O) groups excluding carboxylic acids is 1. The minimum atomic E-state index is -0.0416. The highest BCUT2D eigenvalue weighted by atomic mass is 32.1. The van der Waals surface area contributed by atoms with E-state index in [2.05, 4.69) is 4.98 Å². The summed E-state index contributed by atoms with van der Waals surface area (Å²) in [5.74, 6) is -0.0416. The summed E-state index contributed by atoms with van der Waals surface area (Å²) < 4.78 is 0. The first-order valence-electron chi connectivity index (χ1n) is 5.11. The molecule has 0 aromatic carbocycles. The maximum absolute atomic E-state index is 12.1. The van der Waals surface area contributed by atoms with E-state index in [1.54, 1.807) is 23.3 Å². The molecule has 0 saturated heterocycles. The molecule has 1 amide bonds. The quantitative estimate of drug-likeness (QED) is 0.930. The van der Waals surface area contributed by atoms with E-state index in [1.807, 2.05) is 24.4 Å². The van der Waals surface area contributed by atoms with Gasteiger partial charge < -0.3 is 10.6 Å². The summed E-state index contributed by atoms with van der Waals surface area (Å²) in [6.45, 7) is 2.01. The van der Waals surface area contributed by atoms with Crippen molar-refractivity contribution in [1.29, 1.82) is 0 Å². The van der Waals surface area contributed by atoms with Gasteiger partial charge in [-0.15, -0.1) is 11.3 Å². The van der Waals surface area contributed by atoms with Gasteiger partial charge in [0.05, 0.1) is 12.2 Å². The smallest absolute Gasteiger partial charge is 0.265 e. The minimum absolute atomic E-state index is 0.0416. The lowest BCUT2D eigenvalue weighted by Gasteiger charge is -2.23. The molecule has 2 aromatic rings. The van der Waals surface area contributed by atoms with Gasteiger partial charge in [-0.25, -0.2) is 4.98 Å². The number of thiazole rings is 1. The van der Waals surface area contributed by atoms with Gasteiger partial charge in [0, 0.05) is 11.9 Å². The Hall–Kier alpha value is -1.40. The molecule has 1 unspecified atom stereocenters. The second-order valence-corrected chi connectivity index (χ2v) is 5.71. The average molecular weight is 267 g/mol. The summed E-state index contributed by atoms with van der Waals surface area (Å²) in [4.78, 5) is 19.5. The van der Waals surface area contributed by atoms with Gasteiger partial charge in [-0.05, 0) is 18.4 Å². The van der Waals surface area contributed by atoms with Gasteiger partial charge in [0.25, 0.3) is 5.91 Å². The van der Waals surface area contributed by atoms with Crippen LogP contribution in [-0.2, 0) is 0 Å². The van der Waals surface area contributed by atoms with Crippen LogP contribution in [0.4, 0.5) is 5.13 Å². The Morgan fingerprint density at radius 2 is 2.35 bits per heavy atom. The molecule has 0 aliphatic rings. The summed E-state index contributed by atoms with van der Waals surface area (Å²) in [5, 5.41) is 2.43. The number of nitrogen functional groups attached to an aromatic ring is 1. The Labute approximate surface area is 108 Å². The van der Waals surface area contributed by atoms with E-state index in [1.165, 1.54) is 22.4 Å². The topological polar surface area (TPSA) is 59.2 Å². The predicted octanol–water partition coefficient (Wildman–Crippen LogP) is 2.62. The highest BCUT2D eigenvalue weighted by molar-refractivity contribution is 7.17. The second kappa shape index (κ2) is 4.85. The highest BCUT2D eigenvalue weighted by Crippen LogP contribution is 2.26. The lowest BCUT2D eigenvalue weighted by molar-refractivity contribution is 0.0749. The molecule has 0 spiro atoms. The SMILES string of the molecule is CC(c1cccs1)N(C)C(=O)c1cnc(N)s1. The fourth-order valence-electron chi connectivity index (χ4n) is 1.46. The van der Waals surface area contributed by atoms with Crippen molar-refractivity contribution in [2.75, 3.05) is 12.8 Å². The number of amides is 1. The predicted molar refractivity (Wildman–Crippen MR) is 71.4 cm³/mol. The van der Waals surface area contributed by atoms with Crippen LogP contribution >= 0.6 is 22.7 Å². The van der Waals surface area contributed by atoms with Gasteiger partial charge in [0.2, 0.25) is 0 Å². The van der Waals surface area contributed by atoms with Crippen molar-refractivity contribution in [3.63, 3.8) is 0 Å². The van der Waals surface area contributed by atoms with Crippen molar-refractivity contribution in [3.8, 4) is 0 Å². The number of anilines is 1. The molecule has 0 radical (unpaired) electrons. The summed E-state index contributed by atoms with van der Waals surface area (Å²) in [7, 11) is 1.79. The van der Waals surface area contributed by atoms with Crippen LogP contribution in [0.5, 0.6) is 0 Å². The Kier molecular flexibility index (Phi) is 3.44. The molecule has 1 atom stereocenters. The van der Waals surface area contributed by atoms with Gasteiger partial charge in [-0.3, -0.25) is 4.79 Å². The van der Waals surface area contributed by atoms with Crippen LogP contribution in [0.1, 0.15) is 27.5 Å². The molecule has 2 rings (SSSR count). The molecule has 4 nitrogen and oxygen atoms in total. The van der Waals surface area contributed by atoms with E-state index >= 15 is 0 Å². The van der Waals surface area contributed by atoms with E-state index in [9.17, 15) is 4.79 Å². The Morgan fingerprint density at radius 3 is 2.88 bits per heavy atom. The molecule has 0 aliphatic heterocycles. The van der Waals surface area contributed by atoms with Crippen LogP contribution < -0.4 is 5.73 Å². The first kappa shape index (κ1) is 12.1. The molecule has 2 N–H and O–H groups in total. The van der Waals surface area contributed by atoms with Gasteiger partial charge in [0.15, 0.2) is 5.13 Å². The maximum atomic E-state index is 12.1. The lowest BCUT2D eigenvalue weighted by atomic mass is 10.2. The standard InChI is InChI=1S/C11H13N3OS2/c1-7(8-4-3-5-16-8)14(2)10(15)9-6-13-11(12)17-9/h3-7H,1-2H3,(H2,12,13). The third-order valence-corrected chi connectivity index (χ3v) is 4.45. The Balaban J connectivity index is 2.15. The Bertz CT molecular complexity index is 507. The zero-order valence-corrected chi connectivity index (χ0v) is 11.2. The van der Waals surface area contributed by atoms with Crippen LogP contribution in [-0.4, -0.2) is 22.8 Å². The van der Waals surface area contributed by atoms with Crippen molar-refractivity contribution in [3.05, 3.63) is 33.5 Å². The molecule has 2 heterocycles. The number of rotatable bonds is 3. The van der Waals surface area contributed by atoms with Crippen LogP contribution in [0.2, 0.25) is 0 Å². The summed E-state index contributed by atoms with van der Waals surface area (Å²) in [5.41, 5.74) is 5.53. The van der Waals surface area contributed by atoms with E-state index in [4.69, 9.17) is 5.73 Å². The van der Waals surface area contributed by atoms with E-state index in [-0.39, 0.29) is 11.9 Å².